The summed E-state index contributed by atoms with van der Waals surface area (Å²) in [6.45, 7) is 11.6. The maximum absolute atomic E-state index is 5.12. The lowest BCUT2D eigenvalue weighted by Gasteiger charge is -2.34. The van der Waals surface area contributed by atoms with Gasteiger partial charge in [0.1, 0.15) is 0 Å². The molecule has 0 aromatic heterocycles. The third-order valence-corrected chi connectivity index (χ3v) is 2.30. The van der Waals surface area contributed by atoms with E-state index in [0.717, 1.165) is 19.1 Å². The Morgan fingerprint density at radius 3 is 2.15 bits per heavy atom. The standard InChI is InChI=1S/C9H19NO.C2H6/c1-8(2)4-5-10(3)9-6-11-7-9;1-2/h8-9H,4-7H2,1-3H3;1-2H3. The average molecular weight is 187 g/mol. The van der Waals surface area contributed by atoms with Crippen molar-refractivity contribution in [2.24, 2.45) is 5.92 Å². The van der Waals surface area contributed by atoms with E-state index < -0.39 is 0 Å². The molecule has 1 aliphatic rings. The Bertz CT molecular complexity index is 111. The molecule has 0 radical (unpaired) electrons. The van der Waals surface area contributed by atoms with Crippen molar-refractivity contribution < 1.29 is 4.74 Å². The molecule has 0 unspecified atom stereocenters. The summed E-state index contributed by atoms with van der Waals surface area (Å²) in [5.41, 5.74) is 0. The highest BCUT2D eigenvalue weighted by Gasteiger charge is 2.22. The largest absolute Gasteiger partial charge is 0.378 e. The van der Waals surface area contributed by atoms with Crippen LogP contribution in [0.2, 0.25) is 0 Å². The number of nitrogens with zero attached hydrogens (tertiary/aromatic N) is 1. The first-order chi connectivity index (χ1) is 6.20. The van der Waals surface area contributed by atoms with E-state index in [9.17, 15) is 0 Å². The Balaban J connectivity index is 0.000000671. The lowest BCUT2D eigenvalue weighted by molar-refractivity contribution is -0.0568. The molecule has 0 aliphatic carbocycles. The van der Waals surface area contributed by atoms with Gasteiger partial charge in [0.05, 0.1) is 19.3 Å². The lowest BCUT2D eigenvalue weighted by atomic mass is 10.1. The van der Waals surface area contributed by atoms with Gasteiger partial charge in [-0.2, -0.15) is 0 Å². The minimum absolute atomic E-state index is 0.703. The van der Waals surface area contributed by atoms with Crippen molar-refractivity contribution in [2.45, 2.75) is 40.2 Å². The van der Waals surface area contributed by atoms with Gasteiger partial charge in [0, 0.05) is 0 Å². The normalized spacial score (nSPS) is 16.8. The van der Waals surface area contributed by atoms with Crippen molar-refractivity contribution in [3.8, 4) is 0 Å². The lowest BCUT2D eigenvalue weighted by Crippen LogP contribution is -2.47. The van der Waals surface area contributed by atoms with Crippen molar-refractivity contribution in [2.75, 3.05) is 26.8 Å². The molecule has 0 aromatic rings. The van der Waals surface area contributed by atoms with Crippen LogP contribution in [0.15, 0.2) is 0 Å². The van der Waals surface area contributed by atoms with Crippen LogP contribution in [0.4, 0.5) is 0 Å². The maximum Gasteiger partial charge on any atom is 0.0645 e. The molecule has 1 aliphatic heterocycles. The molecule has 0 N–H and O–H groups in total. The molecular weight excluding hydrogens is 162 g/mol. The summed E-state index contributed by atoms with van der Waals surface area (Å²) >= 11 is 0. The van der Waals surface area contributed by atoms with Crippen LogP contribution < -0.4 is 0 Å². The first-order valence-electron chi connectivity index (χ1n) is 5.48. The van der Waals surface area contributed by atoms with Crippen LogP contribution in [0.1, 0.15) is 34.1 Å². The maximum atomic E-state index is 5.12. The van der Waals surface area contributed by atoms with Gasteiger partial charge in [-0.05, 0) is 25.9 Å². The zero-order chi connectivity index (χ0) is 10.3. The molecule has 0 saturated carbocycles. The van der Waals surface area contributed by atoms with Crippen LogP contribution in [0, 0.1) is 5.92 Å². The molecule has 0 aromatic carbocycles. The van der Waals surface area contributed by atoms with Gasteiger partial charge in [-0.1, -0.05) is 27.7 Å². The van der Waals surface area contributed by atoms with Gasteiger partial charge in [-0.25, -0.2) is 0 Å². The van der Waals surface area contributed by atoms with E-state index in [0.29, 0.717) is 6.04 Å². The summed E-state index contributed by atoms with van der Waals surface area (Å²) in [6, 6.07) is 0.703. The van der Waals surface area contributed by atoms with Crippen molar-refractivity contribution in [3.05, 3.63) is 0 Å². The molecule has 1 fully saturated rings. The van der Waals surface area contributed by atoms with Crippen LogP contribution in [-0.2, 0) is 4.74 Å². The van der Waals surface area contributed by atoms with Gasteiger partial charge in [0.15, 0.2) is 0 Å². The number of ether oxygens (including phenoxy) is 1. The van der Waals surface area contributed by atoms with E-state index in [1.165, 1.54) is 13.0 Å². The van der Waals surface area contributed by atoms with Crippen LogP contribution >= 0.6 is 0 Å². The average Bonchev–Trinajstić information content (AvgIpc) is 2.01. The van der Waals surface area contributed by atoms with Gasteiger partial charge in [-0.3, -0.25) is 4.90 Å². The fraction of sp³-hybridized carbons (Fsp3) is 1.00. The Kier molecular flexibility index (Phi) is 7.29. The summed E-state index contributed by atoms with van der Waals surface area (Å²) in [5.74, 6) is 0.818. The Hall–Kier alpha value is -0.0800. The van der Waals surface area contributed by atoms with Crippen molar-refractivity contribution in [1.29, 1.82) is 0 Å². The first kappa shape index (κ1) is 12.9. The van der Waals surface area contributed by atoms with Crippen LogP contribution in [0.5, 0.6) is 0 Å². The van der Waals surface area contributed by atoms with E-state index in [1.54, 1.807) is 0 Å². The zero-order valence-corrected chi connectivity index (χ0v) is 9.84. The summed E-state index contributed by atoms with van der Waals surface area (Å²) < 4.78 is 5.12. The zero-order valence-electron chi connectivity index (χ0n) is 9.84. The molecular formula is C11H25NO. The van der Waals surface area contributed by atoms with Crippen molar-refractivity contribution >= 4 is 0 Å². The molecule has 2 nitrogen and oxygen atoms in total. The molecule has 1 saturated heterocycles. The Labute approximate surface area is 83.3 Å². The Morgan fingerprint density at radius 2 is 1.85 bits per heavy atom. The molecule has 13 heavy (non-hydrogen) atoms. The predicted molar refractivity (Wildman–Crippen MR) is 58.0 cm³/mol. The molecule has 0 bridgehead atoms. The van der Waals surface area contributed by atoms with E-state index >= 15 is 0 Å². The third-order valence-electron chi connectivity index (χ3n) is 2.30. The van der Waals surface area contributed by atoms with Crippen LogP contribution in [0.3, 0.4) is 0 Å². The van der Waals surface area contributed by atoms with E-state index in [1.807, 2.05) is 13.8 Å². The molecule has 2 heteroatoms. The smallest absolute Gasteiger partial charge is 0.0645 e. The summed E-state index contributed by atoms with van der Waals surface area (Å²) in [4.78, 5) is 2.41. The second-order valence-electron chi connectivity index (χ2n) is 3.85. The van der Waals surface area contributed by atoms with Crippen molar-refractivity contribution in [3.63, 3.8) is 0 Å². The highest BCUT2D eigenvalue weighted by atomic mass is 16.5. The van der Waals surface area contributed by atoms with E-state index in [-0.39, 0.29) is 0 Å². The summed E-state index contributed by atoms with van der Waals surface area (Å²) in [6.07, 6.45) is 1.30. The van der Waals surface area contributed by atoms with Gasteiger partial charge >= 0.3 is 0 Å². The van der Waals surface area contributed by atoms with Crippen LogP contribution in [-0.4, -0.2) is 37.7 Å². The number of rotatable bonds is 4. The van der Waals surface area contributed by atoms with Gasteiger partial charge in [0.2, 0.25) is 0 Å². The molecule has 0 amide bonds. The second-order valence-corrected chi connectivity index (χ2v) is 3.85. The second kappa shape index (κ2) is 7.34. The summed E-state index contributed by atoms with van der Waals surface area (Å²) in [7, 11) is 2.19. The molecule has 0 atom stereocenters. The summed E-state index contributed by atoms with van der Waals surface area (Å²) in [5, 5.41) is 0. The highest BCUT2D eigenvalue weighted by molar-refractivity contribution is 4.74. The van der Waals surface area contributed by atoms with Gasteiger partial charge in [-0.15, -0.1) is 0 Å². The highest BCUT2D eigenvalue weighted by Crippen LogP contribution is 2.10. The first-order valence-corrected chi connectivity index (χ1v) is 5.48. The fourth-order valence-electron chi connectivity index (χ4n) is 1.12. The molecule has 80 valence electrons. The number of hydrogen-bond acceptors (Lipinski definition) is 2. The monoisotopic (exact) mass is 187 g/mol. The molecule has 1 rings (SSSR count). The van der Waals surface area contributed by atoms with Gasteiger partial charge < -0.3 is 4.74 Å². The van der Waals surface area contributed by atoms with Gasteiger partial charge in [0.25, 0.3) is 0 Å². The van der Waals surface area contributed by atoms with E-state index in [2.05, 4.69) is 25.8 Å². The topological polar surface area (TPSA) is 12.5 Å². The molecule has 1 heterocycles. The molecule has 0 spiro atoms. The quantitative estimate of drug-likeness (QED) is 0.670. The van der Waals surface area contributed by atoms with E-state index in [4.69, 9.17) is 4.74 Å². The number of likely N-dealkylation sites (N-methyl/N-ethyl adjacent to an activating group) is 1. The SMILES string of the molecule is CC.CC(C)CCN(C)C1COC1. The van der Waals surface area contributed by atoms with Crippen LogP contribution in [0.25, 0.3) is 0 Å². The number of hydrogen-bond donors (Lipinski definition) is 0. The minimum Gasteiger partial charge on any atom is -0.378 e. The Morgan fingerprint density at radius 1 is 1.31 bits per heavy atom. The van der Waals surface area contributed by atoms with Crippen molar-refractivity contribution in [1.82, 2.24) is 4.90 Å². The fourth-order valence-corrected chi connectivity index (χ4v) is 1.12. The third kappa shape index (κ3) is 5.27. The minimum atomic E-state index is 0.703. The predicted octanol–water partition coefficient (Wildman–Crippen LogP) is 2.39.